The molecule has 30 heteroatoms. The number of hydrogen-bond donors (Lipinski definition) is 6. The molecule has 0 saturated carbocycles. The Hall–Kier alpha value is -9.81. The van der Waals surface area contributed by atoms with Crippen LogP contribution in [0.2, 0.25) is 0 Å². The molecule has 0 radical (unpaired) electrons. The Morgan fingerprint density at radius 3 is 0.785 bits per heavy atom. The minimum atomic E-state index is -0.966. The first-order chi connectivity index (χ1) is 43.8. The maximum absolute atomic E-state index is 14.2. The van der Waals surface area contributed by atoms with Crippen molar-refractivity contribution in [2.45, 2.75) is 59.7 Å². The molecule has 0 aliphatic carbocycles. The summed E-state index contributed by atoms with van der Waals surface area (Å²) in [7, 11) is 4.18. The number of halogens is 6. The molecule has 93 heavy (non-hydrogen) atoms. The molecule has 1 unspecified atom stereocenters. The third kappa shape index (κ3) is 23.7. The van der Waals surface area contributed by atoms with Crippen molar-refractivity contribution >= 4 is 104 Å². The second-order valence-electron chi connectivity index (χ2n) is 19.2. The van der Waals surface area contributed by atoms with Gasteiger partial charge in [0.2, 0.25) is 50.8 Å². The van der Waals surface area contributed by atoms with Crippen molar-refractivity contribution in [3.63, 3.8) is 0 Å². The first-order valence-corrected chi connectivity index (χ1v) is 30.1. The molecule has 0 aromatic heterocycles. The van der Waals surface area contributed by atoms with E-state index in [-0.39, 0.29) is 84.6 Å². The number of amides is 6. The predicted octanol–water partition coefficient (Wildman–Crippen LogP) is 8.04. The molecule has 492 valence electrons. The number of ether oxygens (including phenoxy) is 3. The molecular weight excluding hydrogens is 1290 g/mol. The van der Waals surface area contributed by atoms with Crippen LogP contribution in [0.15, 0.2) is 109 Å². The molecule has 3 atom stereocenters. The second-order valence-corrected chi connectivity index (χ2v) is 22.2. The molecule has 6 N–H and O–H groups in total. The van der Waals surface area contributed by atoms with E-state index in [4.69, 9.17) is 14.2 Å². The number of thioether (sulfide) groups is 3. The van der Waals surface area contributed by atoms with Gasteiger partial charge < -0.3 is 46.1 Å². The lowest BCUT2D eigenvalue weighted by molar-refractivity contribution is -0.132. The van der Waals surface area contributed by atoms with Gasteiger partial charge in [-0.15, -0.1) is 0 Å². The zero-order valence-corrected chi connectivity index (χ0v) is 53.3. The van der Waals surface area contributed by atoms with Gasteiger partial charge in [-0.25, -0.2) is 26.3 Å². The largest absolute Gasteiger partial charge is 0.426 e. The van der Waals surface area contributed by atoms with Gasteiger partial charge in [0, 0.05) is 115 Å². The molecule has 0 aliphatic heterocycles. The first kappa shape index (κ1) is 75.6. The lowest BCUT2D eigenvalue weighted by Crippen LogP contribution is -2.46. The smallest absolute Gasteiger partial charge is 0.308 e. The average molecular weight is 1350 g/mol. The van der Waals surface area contributed by atoms with Crippen LogP contribution < -0.4 is 46.1 Å². The van der Waals surface area contributed by atoms with E-state index in [1.807, 2.05) is 0 Å². The van der Waals surface area contributed by atoms with Crippen molar-refractivity contribution in [2.24, 2.45) is 0 Å². The summed E-state index contributed by atoms with van der Waals surface area (Å²) in [4.78, 5) is 142. The van der Waals surface area contributed by atoms with Gasteiger partial charge >= 0.3 is 17.9 Å². The maximum Gasteiger partial charge on any atom is 0.308 e. The highest BCUT2D eigenvalue weighted by Crippen LogP contribution is 2.35. The van der Waals surface area contributed by atoms with Crippen LogP contribution in [-0.4, -0.2) is 125 Å². The summed E-state index contributed by atoms with van der Waals surface area (Å²) < 4.78 is 97.4. The van der Waals surface area contributed by atoms with Crippen LogP contribution in [0.5, 0.6) is 17.2 Å². The number of carbonyl (C=O) groups excluding carboxylic acids is 12. The third-order valence-corrected chi connectivity index (χ3v) is 15.0. The van der Waals surface area contributed by atoms with Crippen LogP contribution in [0.25, 0.3) is 33.4 Å². The van der Waals surface area contributed by atoms with Crippen LogP contribution in [-0.2, 0) is 43.2 Å². The molecule has 0 bridgehead atoms. The summed E-state index contributed by atoms with van der Waals surface area (Å²) in [5.41, 5.74) is 0.829. The molecule has 6 aromatic rings. The SMILES string of the molecule is CNC(=O)C(CSC(=O)c1cc(-c2ccc(F)cc2F)ccc1OC(C)=O)NC(C)=O.CNC(=O)[C@@H](CSC(=O)c1cc(-c2ccc(F)cc2F)ccc1OC(C)=O)NC(C)=O.CNC(=O)[C@H](CSC(=O)c1cc(-c2ccc(F)cc2F)ccc1OC(C)=O)NC(C)=O. The fraction of sp³-hybridized carbons (Fsp3) is 0.238. The molecule has 6 amide bonds. The van der Waals surface area contributed by atoms with Gasteiger partial charge in [-0.3, -0.25) is 57.5 Å². The number of benzene rings is 6. The highest BCUT2D eigenvalue weighted by atomic mass is 32.2. The lowest BCUT2D eigenvalue weighted by Gasteiger charge is -2.16. The van der Waals surface area contributed by atoms with Crippen molar-refractivity contribution in [1.29, 1.82) is 0 Å². The molecule has 0 saturated heterocycles. The Morgan fingerprint density at radius 1 is 0.355 bits per heavy atom. The number of esters is 3. The molecule has 0 fully saturated rings. The minimum absolute atomic E-state index is 0.0418. The Bertz CT molecular complexity index is 3470. The Morgan fingerprint density at radius 2 is 0.591 bits per heavy atom. The van der Waals surface area contributed by atoms with Crippen LogP contribution in [0.3, 0.4) is 0 Å². The van der Waals surface area contributed by atoms with Gasteiger partial charge in [-0.2, -0.15) is 0 Å². The highest BCUT2D eigenvalue weighted by molar-refractivity contribution is 8.14. The minimum Gasteiger partial charge on any atom is -0.426 e. The number of nitrogens with one attached hydrogen (secondary N) is 6. The Labute approximate surface area is 541 Å². The predicted molar refractivity (Wildman–Crippen MR) is 335 cm³/mol. The highest BCUT2D eigenvalue weighted by Gasteiger charge is 2.27. The summed E-state index contributed by atoms with van der Waals surface area (Å²) in [6, 6.07) is 18.4. The molecule has 6 aromatic carbocycles. The van der Waals surface area contributed by atoms with Crippen LogP contribution in [0, 0.1) is 34.9 Å². The van der Waals surface area contributed by atoms with Crippen molar-refractivity contribution < 1.29 is 98.1 Å². The van der Waals surface area contributed by atoms with E-state index in [0.29, 0.717) is 53.5 Å². The van der Waals surface area contributed by atoms with Crippen molar-refractivity contribution in [3.8, 4) is 50.6 Å². The summed E-state index contributed by atoms with van der Waals surface area (Å²) in [6.07, 6.45) is 0. The lowest BCUT2D eigenvalue weighted by atomic mass is 10.0. The van der Waals surface area contributed by atoms with Gasteiger partial charge in [-0.1, -0.05) is 53.5 Å². The average Bonchev–Trinajstić information content (AvgIpc) is 0.845. The van der Waals surface area contributed by atoms with E-state index >= 15 is 0 Å². The summed E-state index contributed by atoms with van der Waals surface area (Å²) in [5.74, 6) is -9.93. The molecule has 6 rings (SSSR count). The van der Waals surface area contributed by atoms with Gasteiger partial charge in [0.15, 0.2) is 0 Å². The monoisotopic (exact) mass is 1350 g/mol. The summed E-state index contributed by atoms with van der Waals surface area (Å²) in [6.45, 7) is 7.19. The van der Waals surface area contributed by atoms with Crippen molar-refractivity contribution in [1.82, 2.24) is 31.9 Å². The van der Waals surface area contributed by atoms with E-state index < -0.39 is 122 Å². The summed E-state index contributed by atoms with van der Waals surface area (Å²) in [5, 5.41) is 12.8. The van der Waals surface area contributed by atoms with E-state index in [2.05, 4.69) is 31.9 Å². The van der Waals surface area contributed by atoms with Crippen LogP contribution in [0.4, 0.5) is 26.3 Å². The fourth-order valence-electron chi connectivity index (χ4n) is 7.99. The number of likely N-dealkylation sites (N-methyl/N-ethyl adjacent to an activating group) is 3. The normalized spacial score (nSPS) is 11.4. The van der Waals surface area contributed by atoms with Gasteiger partial charge in [0.1, 0.15) is 70.3 Å². The maximum atomic E-state index is 14.2. The number of carbonyl (C=O) groups is 12. The van der Waals surface area contributed by atoms with Crippen LogP contribution in [0.1, 0.15) is 72.6 Å². The third-order valence-electron chi connectivity index (χ3n) is 12.1. The Kier molecular flexibility index (Phi) is 29.5. The summed E-state index contributed by atoms with van der Waals surface area (Å²) >= 11 is 2.15. The van der Waals surface area contributed by atoms with E-state index in [0.717, 1.165) is 39.0 Å². The molecule has 0 spiro atoms. The molecule has 0 heterocycles. The van der Waals surface area contributed by atoms with Gasteiger partial charge in [0.05, 0.1) is 16.7 Å². The van der Waals surface area contributed by atoms with Crippen LogP contribution >= 0.6 is 35.3 Å². The topological polar surface area (TPSA) is 305 Å². The zero-order chi connectivity index (χ0) is 69.4. The van der Waals surface area contributed by atoms with Crippen molar-refractivity contribution in [2.75, 3.05) is 38.4 Å². The van der Waals surface area contributed by atoms with Gasteiger partial charge in [-0.05, 0) is 89.5 Å². The van der Waals surface area contributed by atoms with E-state index in [1.54, 1.807) is 0 Å². The fourth-order valence-corrected chi connectivity index (χ4v) is 10.6. The number of hydrogen-bond acceptors (Lipinski definition) is 18. The second kappa shape index (κ2) is 36.3. The zero-order valence-electron chi connectivity index (χ0n) is 50.9. The quantitative estimate of drug-likeness (QED) is 0.0226. The standard InChI is InChI=1S/3C21H20F2N2O5S/c3*1-11(26)25-18(20(28)24-3)10-31-21(29)16-8-13(4-7-19(16)30-12(2)27)15-6-5-14(22)9-17(15)23/h3*4-9,18H,10H2,1-3H3,(H,24,28)(H,25,26)/t2*18-;/m10./s1. The first-order valence-electron chi connectivity index (χ1n) is 27.2. The Balaban J connectivity index is 0.000000297. The van der Waals surface area contributed by atoms with Gasteiger partial charge in [0.25, 0.3) is 0 Å². The van der Waals surface area contributed by atoms with E-state index in [9.17, 15) is 83.9 Å². The molecule has 21 nitrogen and oxygen atoms in total. The number of rotatable bonds is 21. The van der Waals surface area contributed by atoms with Crippen molar-refractivity contribution in [3.05, 3.63) is 161 Å². The van der Waals surface area contributed by atoms with E-state index in [1.165, 1.54) is 115 Å². The molecular formula is C63H60F6N6O15S3. The molecule has 0 aliphatic rings.